The van der Waals surface area contributed by atoms with E-state index in [1.54, 1.807) is 24.3 Å². The monoisotopic (exact) mass is 396 g/mol. The summed E-state index contributed by atoms with van der Waals surface area (Å²) in [6, 6.07) is 8.45. The van der Waals surface area contributed by atoms with E-state index < -0.39 is 17.2 Å². The highest BCUT2D eigenvalue weighted by molar-refractivity contribution is 6.11. The van der Waals surface area contributed by atoms with Crippen molar-refractivity contribution in [1.29, 1.82) is 5.26 Å². The highest BCUT2D eigenvalue weighted by Crippen LogP contribution is 2.27. The number of hydrogen-bond donors (Lipinski definition) is 1. The number of rotatable bonds is 7. The molecule has 1 fully saturated rings. The third kappa shape index (κ3) is 4.17. The lowest BCUT2D eigenvalue weighted by Gasteiger charge is -2.18. The number of carbonyl (C=O) groups excluding carboxylic acids is 1. The van der Waals surface area contributed by atoms with E-state index in [2.05, 4.69) is 0 Å². The van der Waals surface area contributed by atoms with E-state index in [0.29, 0.717) is 24.5 Å². The van der Waals surface area contributed by atoms with Crippen LogP contribution < -0.4 is 10.3 Å². The fourth-order valence-corrected chi connectivity index (χ4v) is 3.45. The Morgan fingerprint density at radius 1 is 1.38 bits per heavy atom. The van der Waals surface area contributed by atoms with Gasteiger partial charge in [0.15, 0.2) is 5.78 Å². The van der Waals surface area contributed by atoms with Gasteiger partial charge < -0.3 is 14.6 Å². The van der Waals surface area contributed by atoms with Gasteiger partial charge in [0.2, 0.25) is 5.88 Å². The molecule has 1 aromatic carbocycles. The van der Waals surface area contributed by atoms with Gasteiger partial charge >= 0.3 is 0 Å². The Labute approximate surface area is 169 Å². The van der Waals surface area contributed by atoms with E-state index in [-0.39, 0.29) is 29.3 Å². The Morgan fingerprint density at radius 2 is 2.10 bits per heavy atom. The Bertz CT molecular complexity index is 996. The zero-order chi connectivity index (χ0) is 21.0. The zero-order valence-corrected chi connectivity index (χ0v) is 16.6. The van der Waals surface area contributed by atoms with Crippen molar-refractivity contribution in [3.05, 3.63) is 56.9 Å². The molecule has 1 aliphatic heterocycles. The molecule has 0 amide bonds. The number of nitriles is 1. The first-order valence-corrected chi connectivity index (χ1v) is 9.73. The van der Waals surface area contributed by atoms with Crippen LogP contribution in [0, 0.1) is 18.3 Å². The van der Waals surface area contributed by atoms with Crippen LogP contribution >= 0.6 is 0 Å². The fraction of sp³-hybridized carbons (Fsp3) is 0.409. The predicted molar refractivity (Wildman–Crippen MR) is 106 cm³/mol. The highest BCUT2D eigenvalue weighted by Gasteiger charge is 2.27. The number of aromatic nitrogens is 1. The van der Waals surface area contributed by atoms with Crippen LogP contribution in [0.15, 0.2) is 29.1 Å². The maximum Gasteiger partial charge on any atom is 0.271 e. The lowest BCUT2D eigenvalue weighted by atomic mass is 9.97. The van der Waals surface area contributed by atoms with Gasteiger partial charge in [0.25, 0.3) is 5.56 Å². The topological polar surface area (TPSA) is 102 Å². The fourth-order valence-electron chi connectivity index (χ4n) is 3.45. The van der Waals surface area contributed by atoms with Gasteiger partial charge in [0.1, 0.15) is 17.4 Å². The number of ether oxygens (including phenoxy) is 2. The van der Waals surface area contributed by atoms with Crippen LogP contribution in [-0.4, -0.2) is 34.8 Å². The number of aromatic hydroxyl groups is 1. The second-order valence-electron chi connectivity index (χ2n) is 7.06. The average Bonchev–Trinajstić information content (AvgIpc) is 3.23. The van der Waals surface area contributed by atoms with Gasteiger partial charge in [-0.05, 0) is 56.0 Å². The average molecular weight is 396 g/mol. The Morgan fingerprint density at radius 3 is 2.69 bits per heavy atom. The van der Waals surface area contributed by atoms with Gasteiger partial charge in [0.05, 0.1) is 24.8 Å². The quantitative estimate of drug-likeness (QED) is 0.722. The van der Waals surface area contributed by atoms with Crippen molar-refractivity contribution in [2.75, 3.05) is 13.2 Å². The summed E-state index contributed by atoms with van der Waals surface area (Å²) in [5.74, 6) is -0.247. The number of pyridine rings is 1. The van der Waals surface area contributed by atoms with Crippen LogP contribution in [0.5, 0.6) is 11.6 Å². The molecule has 0 unspecified atom stereocenters. The number of benzene rings is 1. The summed E-state index contributed by atoms with van der Waals surface area (Å²) in [5.41, 5.74) is -0.292. The lowest BCUT2D eigenvalue weighted by Crippen LogP contribution is -2.30. The standard InChI is InChI=1S/C22H24N2O5/c1-3-10-28-16-8-6-15(7-9-16)20(25)19-14(2)18(12-23)21(26)24(22(19)27)13-17-5-4-11-29-17/h6-9,17,27H,3-5,10-11,13H2,1-2H3/t17-/m1/s1. The summed E-state index contributed by atoms with van der Waals surface area (Å²) in [6.07, 6.45) is 2.27. The van der Waals surface area contributed by atoms with Crippen LogP contribution in [-0.2, 0) is 11.3 Å². The maximum atomic E-state index is 13.1. The van der Waals surface area contributed by atoms with Crippen molar-refractivity contribution in [1.82, 2.24) is 4.57 Å². The Kier molecular flexibility index (Phi) is 6.35. The van der Waals surface area contributed by atoms with Gasteiger partial charge in [-0.2, -0.15) is 5.26 Å². The van der Waals surface area contributed by atoms with E-state index in [1.165, 1.54) is 6.92 Å². The minimum atomic E-state index is -0.613. The molecule has 152 valence electrons. The first-order chi connectivity index (χ1) is 14.0. The molecule has 1 saturated heterocycles. The molecule has 0 saturated carbocycles. The van der Waals surface area contributed by atoms with Gasteiger partial charge in [-0.1, -0.05) is 6.92 Å². The first kappa shape index (κ1) is 20.6. The second kappa shape index (κ2) is 8.93. The molecule has 2 heterocycles. The number of ketones is 1. The lowest BCUT2D eigenvalue weighted by molar-refractivity contribution is 0.0929. The predicted octanol–water partition coefficient (Wildman–Crippen LogP) is 2.93. The van der Waals surface area contributed by atoms with E-state index >= 15 is 0 Å². The minimum absolute atomic E-state index is 0.0404. The molecule has 0 spiro atoms. The second-order valence-corrected chi connectivity index (χ2v) is 7.06. The molecule has 1 aliphatic rings. The molecule has 1 N–H and O–H groups in total. The Hall–Kier alpha value is -3.11. The van der Waals surface area contributed by atoms with Crippen molar-refractivity contribution in [3.8, 4) is 17.7 Å². The summed E-state index contributed by atoms with van der Waals surface area (Å²) in [6.45, 7) is 4.77. The molecule has 0 radical (unpaired) electrons. The molecule has 0 aliphatic carbocycles. The van der Waals surface area contributed by atoms with Gasteiger partial charge in [-0.3, -0.25) is 14.2 Å². The smallest absolute Gasteiger partial charge is 0.271 e. The van der Waals surface area contributed by atoms with E-state index in [4.69, 9.17) is 9.47 Å². The van der Waals surface area contributed by atoms with E-state index in [9.17, 15) is 20.0 Å². The van der Waals surface area contributed by atoms with Crippen LogP contribution in [0.25, 0.3) is 0 Å². The molecular weight excluding hydrogens is 372 g/mol. The molecule has 3 rings (SSSR count). The van der Waals surface area contributed by atoms with Crippen LogP contribution in [0.2, 0.25) is 0 Å². The normalized spacial score (nSPS) is 15.8. The molecule has 0 bridgehead atoms. The summed E-state index contributed by atoms with van der Waals surface area (Å²) < 4.78 is 12.2. The van der Waals surface area contributed by atoms with Crippen molar-refractivity contribution in [2.45, 2.75) is 45.8 Å². The summed E-state index contributed by atoms with van der Waals surface area (Å²) in [5, 5.41) is 20.3. The summed E-state index contributed by atoms with van der Waals surface area (Å²) in [7, 11) is 0. The highest BCUT2D eigenvalue weighted by atomic mass is 16.5. The molecular formula is C22H24N2O5. The maximum absolute atomic E-state index is 13.1. The number of hydrogen-bond acceptors (Lipinski definition) is 6. The molecule has 29 heavy (non-hydrogen) atoms. The number of nitrogens with zero attached hydrogens (tertiary/aromatic N) is 2. The van der Waals surface area contributed by atoms with E-state index in [0.717, 1.165) is 23.8 Å². The van der Waals surface area contributed by atoms with Crippen molar-refractivity contribution < 1.29 is 19.4 Å². The van der Waals surface area contributed by atoms with Crippen LogP contribution in [0.4, 0.5) is 0 Å². The summed E-state index contributed by atoms with van der Waals surface area (Å²) >= 11 is 0. The van der Waals surface area contributed by atoms with Crippen molar-refractivity contribution >= 4 is 5.78 Å². The zero-order valence-electron chi connectivity index (χ0n) is 16.6. The van der Waals surface area contributed by atoms with Crippen LogP contribution in [0.3, 0.4) is 0 Å². The van der Waals surface area contributed by atoms with Crippen molar-refractivity contribution in [3.63, 3.8) is 0 Å². The summed E-state index contributed by atoms with van der Waals surface area (Å²) in [4.78, 5) is 25.8. The van der Waals surface area contributed by atoms with E-state index in [1.807, 2.05) is 13.0 Å². The third-order valence-electron chi connectivity index (χ3n) is 5.03. The first-order valence-electron chi connectivity index (χ1n) is 9.73. The van der Waals surface area contributed by atoms with Gasteiger partial charge in [-0.15, -0.1) is 0 Å². The SMILES string of the molecule is CCCOc1ccc(C(=O)c2c(C)c(C#N)c(=O)n(C[C@H]3CCCO3)c2O)cc1. The third-order valence-corrected chi connectivity index (χ3v) is 5.03. The van der Waals surface area contributed by atoms with Gasteiger partial charge in [-0.25, -0.2) is 0 Å². The largest absolute Gasteiger partial charge is 0.494 e. The van der Waals surface area contributed by atoms with Crippen LogP contribution in [0.1, 0.15) is 53.2 Å². The Balaban J connectivity index is 2.02. The molecule has 7 heteroatoms. The minimum Gasteiger partial charge on any atom is -0.494 e. The van der Waals surface area contributed by atoms with Crippen molar-refractivity contribution in [2.24, 2.45) is 0 Å². The van der Waals surface area contributed by atoms with Gasteiger partial charge in [0, 0.05) is 12.2 Å². The molecule has 1 aromatic heterocycles. The molecule has 1 atom stereocenters. The molecule has 7 nitrogen and oxygen atoms in total. The molecule has 2 aromatic rings. The number of carbonyl (C=O) groups is 1.